The van der Waals surface area contributed by atoms with Crippen LogP contribution < -0.4 is 4.74 Å². The minimum atomic E-state index is -3.50. The van der Waals surface area contributed by atoms with Crippen LogP contribution in [0, 0.1) is 23.0 Å². The second-order valence-electron chi connectivity index (χ2n) is 5.65. The van der Waals surface area contributed by atoms with Crippen molar-refractivity contribution in [2.45, 2.75) is 23.7 Å². The van der Waals surface area contributed by atoms with Gasteiger partial charge in [-0.25, -0.2) is 17.2 Å². The van der Waals surface area contributed by atoms with Gasteiger partial charge in [0.2, 0.25) is 0 Å². The molecule has 0 aromatic heterocycles. The first kappa shape index (κ1) is 16.4. The maximum atomic E-state index is 13.3. The zero-order valence-electron chi connectivity index (χ0n) is 12.7. The molecule has 0 aliphatic heterocycles. The molecular formula is C17H13F2NO3S. The fourth-order valence-corrected chi connectivity index (χ4v) is 3.94. The van der Waals surface area contributed by atoms with Crippen molar-refractivity contribution in [2.24, 2.45) is 0 Å². The quantitative estimate of drug-likeness (QED) is 0.847. The summed E-state index contributed by atoms with van der Waals surface area (Å²) in [6.07, 6.45) is 2.02. The highest BCUT2D eigenvalue weighted by molar-refractivity contribution is 7.90. The highest BCUT2D eigenvalue weighted by atomic mass is 32.2. The molecule has 7 heteroatoms. The van der Waals surface area contributed by atoms with Crippen LogP contribution >= 0.6 is 0 Å². The maximum Gasteiger partial charge on any atom is 0.175 e. The van der Waals surface area contributed by atoms with Crippen LogP contribution in [-0.4, -0.2) is 14.7 Å². The van der Waals surface area contributed by atoms with Gasteiger partial charge >= 0.3 is 0 Å². The number of fused-ring (bicyclic) bond motifs is 1. The van der Waals surface area contributed by atoms with Crippen LogP contribution in [0.25, 0.3) is 0 Å². The number of hydrogen-bond acceptors (Lipinski definition) is 4. The van der Waals surface area contributed by atoms with Gasteiger partial charge in [0.1, 0.15) is 23.1 Å². The summed E-state index contributed by atoms with van der Waals surface area (Å²) < 4.78 is 56.1. The zero-order chi connectivity index (χ0) is 17.5. The Bertz CT molecular complexity index is 944. The van der Waals surface area contributed by atoms with Crippen LogP contribution in [0.5, 0.6) is 11.5 Å². The molecule has 124 valence electrons. The third kappa shape index (κ3) is 2.97. The average molecular weight is 349 g/mol. The van der Waals surface area contributed by atoms with Crippen molar-refractivity contribution in [1.82, 2.24) is 0 Å². The van der Waals surface area contributed by atoms with Crippen molar-refractivity contribution >= 4 is 9.84 Å². The van der Waals surface area contributed by atoms with Crippen molar-refractivity contribution in [2.75, 3.05) is 6.26 Å². The fraction of sp³-hybridized carbons (Fsp3) is 0.235. The molecule has 0 bridgehead atoms. The van der Waals surface area contributed by atoms with Gasteiger partial charge in [-0.1, -0.05) is 0 Å². The summed E-state index contributed by atoms with van der Waals surface area (Å²) in [6, 6.07) is 7.74. The Balaban J connectivity index is 2.12. The summed E-state index contributed by atoms with van der Waals surface area (Å²) in [5, 5.41) is 9.27. The summed E-state index contributed by atoms with van der Waals surface area (Å²) in [5.74, 6) is -1.81. The Morgan fingerprint density at radius 2 is 1.88 bits per heavy atom. The van der Waals surface area contributed by atoms with E-state index in [1.165, 1.54) is 12.1 Å². The van der Waals surface area contributed by atoms with Crippen LogP contribution in [0.3, 0.4) is 0 Å². The summed E-state index contributed by atoms with van der Waals surface area (Å²) in [6.45, 7) is 0. The van der Waals surface area contributed by atoms with Crippen LogP contribution in [-0.2, 0) is 16.3 Å². The third-order valence-electron chi connectivity index (χ3n) is 3.92. The summed E-state index contributed by atoms with van der Waals surface area (Å²) >= 11 is 0. The molecule has 0 saturated carbocycles. The van der Waals surface area contributed by atoms with E-state index >= 15 is 0 Å². The van der Waals surface area contributed by atoms with Gasteiger partial charge in [-0.05, 0) is 30.5 Å². The molecule has 24 heavy (non-hydrogen) atoms. The van der Waals surface area contributed by atoms with Gasteiger partial charge in [0, 0.05) is 30.0 Å². The molecule has 1 aliphatic carbocycles. The maximum absolute atomic E-state index is 13.3. The van der Waals surface area contributed by atoms with Crippen LogP contribution in [0.4, 0.5) is 8.78 Å². The number of halogens is 2. The Morgan fingerprint density at radius 3 is 2.46 bits per heavy atom. The smallest absolute Gasteiger partial charge is 0.175 e. The van der Waals surface area contributed by atoms with Gasteiger partial charge in [-0.15, -0.1) is 0 Å². The normalized spacial score (nSPS) is 16.5. The molecular weight excluding hydrogens is 336 g/mol. The average Bonchev–Trinajstić information content (AvgIpc) is 2.89. The molecule has 0 spiro atoms. The topological polar surface area (TPSA) is 67.2 Å². The molecule has 0 radical (unpaired) electrons. The standard InChI is InChI=1S/C17H13F2NO3S/c1-24(21,22)16-5-4-15(14-3-2-10(9-20)17(14)16)23-13-7-11(18)6-12(19)8-13/h4-8,10H,2-3H2,1H3. The van der Waals surface area contributed by atoms with E-state index in [1.807, 2.05) is 0 Å². The molecule has 1 aliphatic rings. The molecule has 0 amide bonds. The molecule has 2 aromatic carbocycles. The molecule has 0 saturated heterocycles. The number of ether oxygens (including phenoxy) is 1. The van der Waals surface area contributed by atoms with Gasteiger partial charge in [-0.2, -0.15) is 5.26 Å². The van der Waals surface area contributed by atoms with Crippen molar-refractivity contribution in [3.05, 3.63) is 53.1 Å². The first-order valence-corrected chi connectivity index (χ1v) is 9.08. The van der Waals surface area contributed by atoms with Crippen molar-refractivity contribution < 1.29 is 21.9 Å². The van der Waals surface area contributed by atoms with E-state index in [-0.39, 0.29) is 10.6 Å². The van der Waals surface area contributed by atoms with E-state index in [9.17, 15) is 22.5 Å². The van der Waals surface area contributed by atoms with Gasteiger partial charge in [-0.3, -0.25) is 0 Å². The number of sulfone groups is 1. The summed E-state index contributed by atoms with van der Waals surface area (Å²) in [7, 11) is -3.50. The number of nitriles is 1. The van der Waals surface area contributed by atoms with Crippen molar-refractivity contribution in [1.29, 1.82) is 5.26 Å². The Hall–Kier alpha value is -2.46. The molecule has 0 N–H and O–H groups in total. The zero-order valence-corrected chi connectivity index (χ0v) is 13.5. The molecule has 1 atom stereocenters. The van der Waals surface area contributed by atoms with E-state index in [1.54, 1.807) is 0 Å². The Morgan fingerprint density at radius 1 is 1.21 bits per heavy atom. The molecule has 0 heterocycles. The molecule has 0 fully saturated rings. The molecule has 3 rings (SSSR count). The third-order valence-corrected chi connectivity index (χ3v) is 5.08. The lowest BCUT2D eigenvalue weighted by Gasteiger charge is -2.14. The summed E-state index contributed by atoms with van der Waals surface area (Å²) in [4.78, 5) is 0.0966. The van der Waals surface area contributed by atoms with Crippen molar-refractivity contribution in [3.8, 4) is 17.6 Å². The minimum Gasteiger partial charge on any atom is -0.457 e. The number of nitrogens with zero attached hydrogens (tertiary/aromatic N) is 1. The number of rotatable bonds is 3. The van der Waals surface area contributed by atoms with E-state index < -0.39 is 27.4 Å². The Labute approximate surface area is 138 Å². The molecule has 4 nitrogen and oxygen atoms in total. The van der Waals surface area contributed by atoms with Gasteiger partial charge in [0.05, 0.1) is 16.9 Å². The molecule has 2 aromatic rings. The van der Waals surface area contributed by atoms with Gasteiger partial charge < -0.3 is 4.74 Å². The van der Waals surface area contributed by atoms with E-state index in [0.717, 1.165) is 24.5 Å². The second-order valence-corrected chi connectivity index (χ2v) is 7.64. The predicted molar refractivity (Wildman–Crippen MR) is 82.7 cm³/mol. The fourth-order valence-electron chi connectivity index (χ4n) is 2.96. The van der Waals surface area contributed by atoms with Gasteiger partial charge in [0.25, 0.3) is 0 Å². The predicted octanol–water partition coefficient (Wildman–Crippen LogP) is 3.71. The lowest BCUT2D eigenvalue weighted by atomic mass is 10.0. The highest BCUT2D eigenvalue weighted by Gasteiger charge is 2.31. The minimum absolute atomic E-state index is 0.0257. The lowest BCUT2D eigenvalue weighted by Crippen LogP contribution is -2.05. The monoisotopic (exact) mass is 349 g/mol. The van der Waals surface area contributed by atoms with E-state index in [0.29, 0.717) is 29.7 Å². The van der Waals surface area contributed by atoms with E-state index in [2.05, 4.69) is 6.07 Å². The number of hydrogen-bond donors (Lipinski definition) is 0. The van der Waals surface area contributed by atoms with Crippen LogP contribution in [0.2, 0.25) is 0 Å². The number of benzene rings is 2. The van der Waals surface area contributed by atoms with Gasteiger partial charge in [0.15, 0.2) is 9.84 Å². The first-order chi connectivity index (χ1) is 11.3. The SMILES string of the molecule is CS(=O)(=O)c1ccc(Oc2cc(F)cc(F)c2)c2c1C(C#N)CC2. The second kappa shape index (κ2) is 5.87. The van der Waals surface area contributed by atoms with Crippen molar-refractivity contribution in [3.63, 3.8) is 0 Å². The summed E-state index contributed by atoms with van der Waals surface area (Å²) in [5.41, 5.74) is 1.02. The van der Waals surface area contributed by atoms with Crippen LogP contribution in [0.15, 0.2) is 35.2 Å². The van der Waals surface area contributed by atoms with Crippen LogP contribution in [0.1, 0.15) is 23.5 Å². The Kier molecular flexibility index (Phi) is 4.01. The lowest BCUT2D eigenvalue weighted by molar-refractivity contribution is 0.463. The largest absolute Gasteiger partial charge is 0.457 e. The van der Waals surface area contributed by atoms with E-state index in [4.69, 9.17) is 4.74 Å². The first-order valence-electron chi connectivity index (χ1n) is 7.19. The molecule has 1 unspecified atom stereocenters. The highest BCUT2D eigenvalue weighted by Crippen LogP contribution is 2.43.